The van der Waals surface area contributed by atoms with Gasteiger partial charge in [0.25, 0.3) is 0 Å². The zero-order valence-corrected chi connectivity index (χ0v) is 15.1. The molecule has 1 aliphatic rings. The highest BCUT2D eigenvalue weighted by atomic mass is 16.4. The summed E-state index contributed by atoms with van der Waals surface area (Å²) in [7, 11) is 0. The number of aryl methyl sites for hydroxylation is 1. The van der Waals surface area contributed by atoms with Crippen LogP contribution in [0.25, 0.3) is 11.1 Å². The van der Waals surface area contributed by atoms with Gasteiger partial charge in [0.1, 0.15) is 0 Å². The van der Waals surface area contributed by atoms with Gasteiger partial charge in [0.05, 0.1) is 11.3 Å². The van der Waals surface area contributed by atoms with Gasteiger partial charge in [0.2, 0.25) is 0 Å². The fourth-order valence-corrected chi connectivity index (χ4v) is 3.12. The third-order valence-corrected chi connectivity index (χ3v) is 4.62. The van der Waals surface area contributed by atoms with Gasteiger partial charge >= 0.3 is 5.97 Å². The third-order valence-electron chi connectivity index (χ3n) is 4.62. The van der Waals surface area contributed by atoms with Crippen molar-refractivity contribution in [2.45, 2.75) is 19.8 Å². The summed E-state index contributed by atoms with van der Waals surface area (Å²) in [5.41, 5.74) is 3.79. The number of aliphatic carboxylic acids is 1. The van der Waals surface area contributed by atoms with Crippen molar-refractivity contribution in [1.29, 1.82) is 0 Å². The molecule has 0 radical (unpaired) electrons. The number of benzene rings is 1. The molecule has 0 amide bonds. The molecule has 1 saturated heterocycles. The molecule has 1 N–H and O–H groups in total. The van der Waals surface area contributed by atoms with Crippen LogP contribution in [-0.2, 0) is 4.79 Å². The Kier molecular flexibility index (Phi) is 5.97. The Bertz CT molecular complexity index is 802. The van der Waals surface area contributed by atoms with Gasteiger partial charge in [-0.1, -0.05) is 42.0 Å². The molecule has 0 atom stereocenters. The van der Waals surface area contributed by atoms with Gasteiger partial charge in [0.15, 0.2) is 0 Å². The van der Waals surface area contributed by atoms with Gasteiger partial charge in [0, 0.05) is 12.7 Å². The average molecular weight is 348 g/mol. The Labute approximate surface area is 154 Å². The first-order valence-electron chi connectivity index (χ1n) is 8.99. The highest BCUT2D eigenvalue weighted by Crippen LogP contribution is 2.23. The minimum atomic E-state index is -0.970. The van der Waals surface area contributed by atoms with Gasteiger partial charge in [-0.05, 0) is 62.2 Å². The number of likely N-dealkylation sites (tertiary alicyclic amines) is 1. The number of pyridine rings is 1. The number of aromatic nitrogens is 1. The molecule has 2 heterocycles. The maximum atomic E-state index is 11.8. The number of allylic oxidation sites excluding steroid dienone is 2. The monoisotopic (exact) mass is 348 g/mol. The molecule has 26 heavy (non-hydrogen) atoms. The van der Waals surface area contributed by atoms with E-state index in [0.29, 0.717) is 5.69 Å². The number of carboxylic acid groups (broad SMARTS) is 1. The Hall–Kier alpha value is -2.72. The lowest BCUT2D eigenvalue weighted by Gasteiger charge is -2.13. The number of rotatable bonds is 6. The lowest BCUT2D eigenvalue weighted by Crippen LogP contribution is -2.19. The van der Waals surface area contributed by atoms with Crippen LogP contribution in [0.1, 0.15) is 29.7 Å². The molecule has 3 rings (SSSR count). The lowest BCUT2D eigenvalue weighted by atomic mass is 9.99. The third kappa shape index (κ3) is 4.67. The Morgan fingerprint density at radius 2 is 1.88 bits per heavy atom. The van der Waals surface area contributed by atoms with Crippen molar-refractivity contribution in [2.75, 3.05) is 19.6 Å². The fourth-order valence-electron chi connectivity index (χ4n) is 3.12. The molecule has 1 aliphatic heterocycles. The first-order chi connectivity index (χ1) is 12.6. The van der Waals surface area contributed by atoms with Crippen LogP contribution in [-0.4, -0.2) is 40.6 Å². The molecular formula is C22H24N2O2. The van der Waals surface area contributed by atoms with Crippen molar-refractivity contribution >= 4 is 17.1 Å². The van der Waals surface area contributed by atoms with E-state index in [1.54, 1.807) is 30.5 Å². The number of nitrogens with zero attached hydrogens (tertiary/aromatic N) is 2. The van der Waals surface area contributed by atoms with Gasteiger partial charge in [-0.15, -0.1) is 0 Å². The molecule has 0 unspecified atom stereocenters. The molecule has 1 aromatic heterocycles. The number of hydrogen-bond acceptors (Lipinski definition) is 3. The minimum Gasteiger partial charge on any atom is -0.478 e. The minimum absolute atomic E-state index is 0.207. The Morgan fingerprint density at radius 3 is 2.50 bits per heavy atom. The van der Waals surface area contributed by atoms with Crippen LogP contribution >= 0.6 is 0 Å². The highest BCUT2D eigenvalue weighted by Gasteiger charge is 2.14. The number of hydrogen-bond donors (Lipinski definition) is 1. The summed E-state index contributed by atoms with van der Waals surface area (Å²) < 4.78 is 0. The topological polar surface area (TPSA) is 53.4 Å². The molecular weight excluding hydrogens is 324 g/mol. The zero-order chi connectivity index (χ0) is 18.4. The van der Waals surface area contributed by atoms with Crippen LogP contribution in [0.3, 0.4) is 0 Å². The fraction of sp³-hybridized carbons (Fsp3) is 0.273. The summed E-state index contributed by atoms with van der Waals surface area (Å²) in [5.74, 6) is -0.970. The molecule has 4 nitrogen and oxygen atoms in total. The molecule has 0 aliphatic carbocycles. The second-order valence-electron chi connectivity index (χ2n) is 6.61. The van der Waals surface area contributed by atoms with E-state index in [9.17, 15) is 9.90 Å². The van der Waals surface area contributed by atoms with Crippen LogP contribution in [0, 0.1) is 6.92 Å². The van der Waals surface area contributed by atoms with Gasteiger partial charge < -0.3 is 5.11 Å². The smallest absolute Gasteiger partial charge is 0.337 e. The molecule has 2 aromatic rings. The molecule has 0 spiro atoms. The normalized spacial score (nSPS) is 16.0. The average Bonchev–Trinajstić information content (AvgIpc) is 3.17. The molecule has 134 valence electrons. The maximum Gasteiger partial charge on any atom is 0.337 e. The SMILES string of the molecule is Cc1ccc(C(/C=C(\C(=O)O)c2ccccn2)=C/CN2CCCC2)cc1. The van der Waals surface area contributed by atoms with E-state index in [-0.39, 0.29) is 5.57 Å². The first kappa shape index (κ1) is 18.1. The molecule has 0 bridgehead atoms. The van der Waals surface area contributed by atoms with Crippen molar-refractivity contribution in [1.82, 2.24) is 9.88 Å². The van der Waals surface area contributed by atoms with Crippen molar-refractivity contribution in [3.63, 3.8) is 0 Å². The Morgan fingerprint density at radius 1 is 1.15 bits per heavy atom. The van der Waals surface area contributed by atoms with Crippen molar-refractivity contribution in [3.05, 3.63) is 77.6 Å². The first-order valence-corrected chi connectivity index (χ1v) is 8.99. The molecule has 0 saturated carbocycles. The van der Waals surface area contributed by atoms with Crippen molar-refractivity contribution in [2.24, 2.45) is 0 Å². The highest BCUT2D eigenvalue weighted by molar-refractivity contribution is 6.17. The van der Waals surface area contributed by atoms with Crippen molar-refractivity contribution < 1.29 is 9.90 Å². The van der Waals surface area contributed by atoms with E-state index in [1.807, 2.05) is 31.2 Å². The van der Waals surface area contributed by atoms with E-state index >= 15 is 0 Å². The second-order valence-corrected chi connectivity index (χ2v) is 6.61. The predicted octanol–water partition coefficient (Wildman–Crippen LogP) is 4.04. The second kappa shape index (κ2) is 8.59. The van der Waals surface area contributed by atoms with E-state index < -0.39 is 5.97 Å². The van der Waals surface area contributed by atoms with Crippen LogP contribution in [0.2, 0.25) is 0 Å². The summed E-state index contributed by atoms with van der Waals surface area (Å²) in [4.78, 5) is 18.4. The zero-order valence-electron chi connectivity index (χ0n) is 15.1. The van der Waals surface area contributed by atoms with Gasteiger partial charge in [-0.25, -0.2) is 4.79 Å². The number of carbonyl (C=O) groups is 1. The van der Waals surface area contributed by atoms with Gasteiger partial charge in [-0.3, -0.25) is 9.88 Å². The van der Waals surface area contributed by atoms with E-state index in [0.717, 1.165) is 30.8 Å². The quantitative estimate of drug-likeness (QED) is 0.632. The Balaban J connectivity index is 1.98. The van der Waals surface area contributed by atoms with Crippen LogP contribution in [0.5, 0.6) is 0 Å². The standard InChI is InChI=1S/C22H24N2O2/c1-17-7-9-18(10-8-17)19(11-15-24-13-4-5-14-24)16-20(22(25)26)21-6-2-3-12-23-21/h2-3,6-12,16H,4-5,13-15H2,1H3,(H,25,26)/b19-11+,20-16-. The summed E-state index contributed by atoms with van der Waals surface area (Å²) in [6.45, 7) is 5.08. The van der Waals surface area contributed by atoms with Gasteiger partial charge in [-0.2, -0.15) is 0 Å². The van der Waals surface area contributed by atoms with E-state index in [1.165, 1.54) is 18.4 Å². The lowest BCUT2D eigenvalue weighted by molar-refractivity contribution is -0.130. The van der Waals surface area contributed by atoms with E-state index in [2.05, 4.69) is 16.0 Å². The van der Waals surface area contributed by atoms with Crippen LogP contribution in [0.15, 0.2) is 60.8 Å². The summed E-state index contributed by atoms with van der Waals surface area (Å²) in [5, 5.41) is 9.70. The maximum absolute atomic E-state index is 11.8. The predicted molar refractivity (Wildman–Crippen MR) is 105 cm³/mol. The van der Waals surface area contributed by atoms with Crippen molar-refractivity contribution in [3.8, 4) is 0 Å². The molecule has 1 fully saturated rings. The summed E-state index contributed by atoms with van der Waals surface area (Å²) in [6.07, 6.45) is 7.95. The molecule has 4 heteroatoms. The largest absolute Gasteiger partial charge is 0.478 e. The van der Waals surface area contributed by atoms with E-state index in [4.69, 9.17) is 0 Å². The molecule has 1 aromatic carbocycles. The summed E-state index contributed by atoms with van der Waals surface area (Å²) in [6, 6.07) is 13.5. The van der Waals surface area contributed by atoms with Crippen LogP contribution < -0.4 is 0 Å². The summed E-state index contributed by atoms with van der Waals surface area (Å²) >= 11 is 0. The number of carboxylic acids is 1. The van der Waals surface area contributed by atoms with Crippen LogP contribution in [0.4, 0.5) is 0 Å².